The molecule has 2 aromatic heterocycles. The van der Waals surface area contributed by atoms with Crippen molar-refractivity contribution in [2.45, 2.75) is 51.5 Å². The number of carbonyl (C=O) groups excluding carboxylic acids is 1. The van der Waals surface area contributed by atoms with Crippen molar-refractivity contribution in [1.82, 2.24) is 9.97 Å². The van der Waals surface area contributed by atoms with Crippen LogP contribution in [0.25, 0.3) is 0 Å². The molecule has 224 valence electrons. The number of carbonyl (C=O) groups is 2. The Labute approximate surface area is 240 Å². The van der Waals surface area contributed by atoms with Crippen LogP contribution >= 0.6 is 0 Å². The minimum absolute atomic E-state index is 0.0376. The van der Waals surface area contributed by atoms with E-state index in [1.54, 1.807) is 41.3 Å². The number of amides is 1. The summed E-state index contributed by atoms with van der Waals surface area (Å²) >= 11 is 0. The SMILES string of the molecule is CC1CCCN(c2nc(C(F)(F)F)c(C(=O)Nc3ccc(N4CCC(OCc5ccccc5C(=O)O)CC4)nc3)o2)C1. The molecule has 5 rings (SSSR count). The molecule has 3 aromatic rings. The first-order valence-corrected chi connectivity index (χ1v) is 13.9. The normalized spacial score (nSPS) is 18.2. The van der Waals surface area contributed by atoms with Crippen LogP contribution < -0.4 is 15.1 Å². The smallest absolute Gasteiger partial charge is 0.437 e. The molecule has 10 nitrogen and oxygen atoms in total. The molecule has 2 saturated heterocycles. The van der Waals surface area contributed by atoms with Crippen LogP contribution in [0.1, 0.15) is 64.8 Å². The topological polar surface area (TPSA) is 121 Å². The van der Waals surface area contributed by atoms with Gasteiger partial charge in [-0.25, -0.2) is 9.78 Å². The van der Waals surface area contributed by atoms with Crippen LogP contribution in [-0.2, 0) is 17.5 Å². The fourth-order valence-corrected chi connectivity index (χ4v) is 5.30. The van der Waals surface area contributed by atoms with Crippen LogP contribution in [0.15, 0.2) is 47.0 Å². The molecule has 0 spiro atoms. The van der Waals surface area contributed by atoms with Gasteiger partial charge in [0.05, 0.1) is 30.2 Å². The molecule has 13 heteroatoms. The lowest BCUT2D eigenvalue weighted by atomic mass is 10.0. The van der Waals surface area contributed by atoms with Crippen molar-refractivity contribution in [2.24, 2.45) is 5.92 Å². The van der Waals surface area contributed by atoms with Gasteiger partial charge in [0.2, 0.25) is 5.76 Å². The van der Waals surface area contributed by atoms with Crippen LogP contribution in [0.2, 0.25) is 0 Å². The Morgan fingerprint density at radius 1 is 1.10 bits per heavy atom. The molecule has 0 saturated carbocycles. The van der Waals surface area contributed by atoms with E-state index in [2.05, 4.69) is 15.3 Å². The molecule has 1 atom stereocenters. The highest BCUT2D eigenvalue weighted by Crippen LogP contribution is 2.35. The predicted octanol–water partition coefficient (Wildman–Crippen LogP) is 5.46. The zero-order chi connectivity index (χ0) is 29.9. The Hall–Kier alpha value is -4.13. The van der Waals surface area contributed by atoms with E-state index in [1.807, 2.05) is 11.8 Å². The lowest BCUT2D eigenvalue weighted by Gasteiger charge is -2.32. The standard InChI is InChI=1S/C29H32F3N5O5/c1-18-5-4-12-37(16-18)28-35-25(29(30,31)32)24(42-28)26(38)34-20-8-9-23(33-15-20)36-13-10-21(11-14-36)41-17-19-6-2-3-7-22(19)27(39)40/h2-3,6-9,15,18,21H,4-5,10-14,16-17H2,1H3,(H,34,38)(H,39,40). The van der Waals surface area contributed by atoms with Crippen LogP contribution in [0.5, 0.6) is 0 Å². The Morgan fingerprint density at radius 2 is 1.86 bits per heavy atom. The number of oxazole rings is 1. The number of hydrogen-bond acceptors (Lipinski definition) is 8. The van der Waals surface area contributed by atoms with Gasteiger partial charge in [0, 0.05) is 26.2 Å². The van der Waals surface area contributed by atoms with Crippen LogP contribution in [-0.4, -0.2) is 59.2 Å². The molecule has 0 radical (unpaired) electrons. The molecule has 0 aliphatic carbocycles. The lowest BCUT2D eigenvalue weighted by Crippen LogP contribution is -2.37. The van der Waals surface area contributed by atoms with Gasteiger partial charge in [-0.3, -0.25) is 4.79 Å². The first kappa shape index (κ1) is 29.4. The van der Waals surface area contributed by atoms with Crippen molar-refractivity contribution >= 4 is 29.4 Å². The predicted molar refractivity (Wildman–Crippen MR) is 148 cm³/mol. The molecule has 0 bridgehead atoms. The molecular weight excluding hydrogens is 555 g/mol. The van der Waals surface area contributed by atoms with Gasteiger partial charge in [0.25, 0.3) is 11.9 Å². The quantitative estimate of drug-likeness (QED) is 0.354. The largest absolute Gasteiger partial charge is 0.478 e. The van der Waals surface area contributed by atoms with Gasteiger partial charge in [0.1, 0.15) is 5.82 Å². The van der Waals surface area contributed by atoms with Crippen molar-refractivity contribution in [3.05, 3.63) is 65.2 Å². The van der Waals surface area contributed by atoms with E-state index >= 15 is 0 Å². The molecule has 2 fully saturated rings. The number of anilines is 3. The van der Waals surface area contributed by atoms with E-state index in [1.165, 1.54) is 6.20 Å². The van der Waals surface area contributed by atoms with Gasteiger partial charge >= 0.3 is 12.1 Å². The highest BCUT2D eigenvalue weighted by molar-refractivity contribution is 6.03. The maximum Gasteiger partial charge on any atom is 0.437 e. The minimum Gasteiger partial charge on any atom is -0.478 e. The molecule has 42 heavy (non-hydrogen) atoms. The van der Waals surface area contributed by atoms with Gasteiger partial charge in [-0.15, -0.1) is 0 Å². The van der Waals surface area contributed by atoms with E-state index in [0.29, 0.717) is 50.4 Å². The number of piperidine rings is 2. The van der Waals surface area contributed by atoms with Crippen molar-refractivity contribution in [3.8, 4) is 0 Å². The summed E-state index contributed by atoms with van der Waals surface area (Å²) in [5, 5.41) is 11.8. The maximum absolute atomic E-state index is 13.7. The number of nitrogens with zero attached hydrogens (tertiary/aromatic N) is 4. The summed E-state index contributed by atoms with van der Waals surface area (Å²) < 4.78 is 52.5. The number of ether oxygens (including phenoxy) is 1. The molecular formula is C29H32F3N5O5. The summed E-state index contributed by atoms with van der Waals surface area (Å²) in [6.45, 7) is 4.52. The van der Waals surface area contributed by atoms with E-state index in [4.69, 9.17) is 9.15 Å². The number of carboxylic acid groups (broad SMARTS) is 1. The van der Waals surface area contributed by atoms with E-state index in [9.17, 15) is 27.9 Å². The number of alkyl halides is 3. The minimum atomic E-state index is -4.85. The number of aromatic nitrogens is 2. The van der Waals surface area contributed by atoms with Crippen LogP contribution in [0.3, 0.4) is 0 Å². The molecule has 2 aliphatic rings. The third-order valence-electron chi connectivity index (χ3n) is 7.51. The monoisotopic (exact) mass is 587 g/mol. The Bertz CT molecular complexity index is 1400. The van der Waals surface area contributed by atoms with Gasteiger partial charge in [-0.2, -0.15) is 18.2 Å². The molecule has 2 N–H and O–H groups in total. The number of benzene rings is 1. The van der Waals surface area contributed by atoms with Gasteiger partial charge in [-0.05, 0) is 55.4 Å². The fraction of sp³-hybridized carbons (Fsp3) is 0.448. The molecule has 1 amide bonds. The van der Waals surface area contributed by atoms with Crippen LogP contribution in [0, 0.1) is 5.92 Å². The van der Waals surface area contributed by atoms with E-state index in [0.717, 1.165) is 12.8 Å². The zero-order valence-electron chi connectivity index (χ0n) is 23.1. The highest BCUT2D eigenvalue weighted by atomic mass is 19.4. The summed E-state index contributed by atoms with van der Waals surface area (Å²) in [6.07, 6.45) is -0.322. The lowest BCUT2D eigenvalue weighted by molar-refractivity contribution is -0.141. The second-order valence-electron chi connectivity index (χ2n) is 10.7. The summed E-state index contributed by atoms with van der Waals surface area (Å²) in [6, 6.07) is 9.80. The number of nitrogens with one attached hydrogen (secondary N) is 1. The summed E-state index contributed by atoms with van der Waals surface area (Å²) in [7, 11) is 0. The summed E-state index contributed by atoms with van der Waals surface area (Å²) in [5.74, 6) is -1.99. The average molecular weight is 588 g/mol. The van der Waals surface area contributed by atoms with Gasteiger partial charge < -0.3 is 29.4 Å². The third-order valence-corrected chi connectivity index (χ3v) is 7.51. The molecule has 2 aliphatic heterocycles. The zero-order valence-corrected chi connectivity index (χ0v) is 23.1. The highest BCUT2D eigenvalue weighted by Gasteiger charge is 2.42. The van der Waals surface area contributed by atoms with Crippen LogP contribution in [0.4, 0.5) is 30.7 Å². The molecule has 1 aromatic carbocycles. The first-order valence-electron chi connectivity index (χ1n) is 13.9. The second kappa shape index (κ2) is 12.4. The Morgan fingerprint density at radius 3 is 2.52 bits per heavy atom. The Balaban J connectivity index is 1.17. The number of carboxylic acids is 1. The number of pyridine rings is 1. The third kappa shape index (κ3) is 6.84. The summed E-state index contributed by atoms with van der Waals surface area (Å²) in [4.78, 5) is 36.0. The second-order valence-corrected chi connectivity index (χ2v) is 10.7. The molecule has 1 unspecified atom stereocenters. The number of rotatable bonds is 8. The average Bonchev–Trinajstić information content (AvgIpc) is 3.44. The Kier molecular flexibility index (Phi) is 8.66. The van der Waals surface area contributed by atoms with Crippen molar-refractivity contribution in [1.29, 1.82) is 0 Å². The fourth-order valence-electron chi connectivity index (χ4n) is 5.30. The van der Waals surface area contributed by atoms with Gasteiger partial charge in [0.15, 0.2) is 5.69 Å². The first-order chi connectivity index (χ1) is 20.1. The van der Waals surface area contributed by atoms with E-state index in [-0.39, 0.29) is 35.9 Å². The van der Waals surface area contributed by atoms with Crippen molar-refractivity contribution in [3.63, 3.8) is 0 Å². The number of aromatic carboxylic acids is 1. The van der Waals surface area contributed by atoms with E-state index < -0.39 is 29.5 Å². The number of halogens is 3. The number of hydrogen-bond donors (Lipinski definition) is 2. The van der Waals surface area contributed by atoms with Crippen molar-refractivity contribution < 1.29 is 37.0 Å². The maximum atomic E-state index is 13.7. The van der Waals surface area contributed by atoms with Crippen molar-refractivity contribution in [2.75, 3.05) is 41.3 Å². The molecule has 4 heterocycles. The van der Waals surface area contributed by atoms with Gasteiger partial charge in [-0.1, -0.05) is 25.1 Å². The summed E-state index contributed by atoms with van der Waals surface area (Å²) in [5.41, 5.74) is -0.288.